The van der Waals surface area contributed by atoms with Gasteiger partial charge in [-0.2, -0.15) is 5.10 Å². The van der Waals surface area contributed by atoms with Crippen molar-refractivity contribution in [3.05, 3.63) is 81.8 Å². The second-order valence-electron chi connectivity index (χ2n) is 8.65. The lowest BCUT2D eigenvalue weighted by molar-refractivity contribution is -0.126. The maximum atomic E-state index is 13.7. The number of pyridine rings is 1. The zero-order valence-corrected chi connectivity index (χ0v) is 20.4. The Balaban J connectivity index is 1.45. The first-order chi connectivity index (χ1) is 16.8. The largest absolute Gasteiger partial charge is 0.350 e. The molecular weight excluding hydrogens is 466 g/mol. The molecule has 0 saturated heterocycles. The summed E-state index contributed by atoms with van der Waals surface area (Å²) in [5.41, 5.74) is 5.32. The van der Waals surface area contributed by atoms with Crippen LogP contribution in [-0.2, 0) is 31.4 Å². The van der Waals surface area contributed by atoms with Crippen molar-refractivity contribution in [3.63, 3.8) is 0 Å². The van der Waals surface area contributed by atoms with Crippen LogP contribution in [0.25, 0.3) is 10.9 Å². The summed E-state index contributed by atoms with van der Waals surface area (Å²) in [4.78, 5) is 41.8. The Morgan fingerprint density at radius 2 is 1.89 bits per heavy atom. The number of hydrogen-bond acceptors (Lipinski definition) is 6. The molecular formula is C25H24ClN7O2. The van der Waals surface area contributed by atoms with Crippen LogP contribution in [0.15, 0.2) is 42.9 Å². The first kappa shape index (κ1) is 22.9. The number of amides is 2. The second kappa shape index (κ2) is 9.07. The Hall–Kier alpha value is -3.85. The summed E-state index contributed by atoms with van der Waals surface area (Å²) in [5.74, 6) is -0.557. The molecule has 35 heavy (non-hydrogen) atoms. The summed E-state index contributed by atoms with van der Waals surface area (Å²) in [6.07, 6.45) is 5.00. The topological polar surface area (TPSA) is 106 Å². The Kier molecular flexibility index (Phi) is 5.94. The fraction of sp³-hybridized carbons (Fsp3) is 0.280. The maximum Gasteiger partial charge on any atom is 0.256 e. The molecule has 0 spiro atoms. The van der Waals surface area contributed by atoms with Gasteiger partial charge < -0.3 is 10.2 Å². The molecule has 10 heteroatoms. The number of benzene rings is 1. The van der Waals surface area contributed by atoms with Gasteiger partial charge in [0.05, 0.1) is 34.7 Å². The van der Waals surface area contributed by atoms with Crippen molar-refractivity contribution in [1.82, 2.24) is 34.9 Å². The monoisotopic (exact) mass is 489 g/mol. The molecule has 3 aromatic heterocycles. The van der Waals surface area contributed by atoms with Gasteiger partial charge in [0.25, 0.3) is 5.91 Å². The van der Waals surface area contributed by atoms with Crippen LogP contribution in [0.3, 0.4) is 0 Å². The molecule has 0 aliphatic carbocycles. The van der Waals surface area contributed by atoms with Crippen LogP contribution < -0.4 is 5.32 Å². The molecule has 0 saturated carbocycles. The molecule has 0 fully saturated rings. The lowest BCUT2D eigenvalue weighted by Crippen LogP contribution is -2.52. The van der Waals surface area contributed by atoms with Crippen LogP contribution in [0.5, 0.6) is 0 Å². The summed E-state index contributed by atoms with van der Waals surface area (Å²) >= 11 is 6.13. The number of carbonyl (C=O) groups excluding carboxylic acids is 2. The predicted octanol–water partition coefficient (Wildman–Crippen LogP) is 2.91. The van der Waals surface area contributed by atoms with Crippen LogP contribution in [0, 0.1) is 13.8 Å². The number of carbonyl (C=O) groups is 2. The number of nitrogens with zero attached hydrogens (tertiary/aromatic N) is 6. The number of fused-ring (bicyclic) bond motifs is 2. The molecule has 1 aliphatic rings. The normalized spacial score (nSPS) is 15.2. The summed E-state index contributed by atoms with van der Waals surface area (Å²) in [7, 11) is 1.87. The highest BCUT2D eigenvalue weighted by Crippen LogP contribution is 2.25. The summed E-state index contributed by atoms with van der Waals surface area (Å²) in [6, 6.07) is 6.33. The fourth-order valence-corrected chi connectivity index (χ4v) is 4.64. The first-order valence-electron chi connectivity index (χ1n) is 11.2. The van der Waals surface area contributed by atoms with E-state index in [1.807, 2.05) is 20.9 Å². The summed E-state index contributed by atoms with van der Waals surface area (Å²) in [5, 5.41) is 8.72. The molecule has 5 rings (SSSR count). The third-order valence-corrected chi connectivity index (χ3v) is 6.73. The van der Waals surface area contributed by atoms with Crippen LogP contribution in [0.1, 0.15) is 38.7 Å². The van der Waals surface area contributed by atoms with Crippen molar-refractivity contribution in [3.8, 4) is 0 Å². The third kappa shape index (κ3) is 4.35. The number of halogens is 1. The highest BCUT2D eigenvalue weighted by Gasteiger charge is 2.36. The van der Waals surface area contributed by atoms with E-state index in [2.05, 4.69) is 25.4 Å². The van der Waals surface area contributed by atoms with E-state index in [-0.39, 0.29) is 24.8 Å². The molecule has 1 unspecified atom stereocenters. The van der Waals surface area contributed by atoms with Gasteiger partial charge in [0, 0.05) is 60.3 Å². The fourth-order valence-electron chi connectivity index (χ4n) is 4.46. The van der Waals surface area contributed by atoms with Gasteiger partial charge in [-0.05, 0) is 38.1 Å². The smallest absolute Gasteiger partial charge is 0.256 e. The van der Waals surface area contributed by atoms with Crippen molar-refractivity contribution in [1.29, 1.82) is 0 Å². The van der Waals surface area contributed by atoms with Crippen molar-refractivity contribution >= 4 is 34.3 Å². The Morgan fingerprint density at radius 1 is 1.11 bits per heavy atom. The van der Waals surface area contributed by atoms with E-state index in [1.165, 1.54) is 6.20 Å². The van der Waals surface area contributed by atoms with Crippen LogP contribution in [0.4, 0.5) is 0 Å². The molecule has 0 bridgehead atoms. The zero-order valence-electron chi connectivity index (χ0n) is 19.6. The Bertz CT molecular complexity index is 1470. The van der Waals surface area contributed by atoms with E-state index >= 15 is 0 Å². The van der Waals surface area contributed by atoms with Crippen molar-refractivity contribution < 1.29 is 9.59 Å². The number of aryl methyl sites for hydroxylation is 2. The minimum Gasteiger partial charge on any atom is -0.350 e. The quantitative estimate of drug-likeness (QED) is 0.472. The molecule has 1 atom stereocenters. The SMILES string of the molecule is Cc1nn(C)c(C)c1CNC(=O)C1Cc2nccnc2CN1C(=O)c1cnc2ccc(Cl)cc2c1. The van der Waals surface area contributed by atoms with Crippen LogP contribution in [-0.4, -0.2) is 47.5 Å². The lowest BCUT2D eigenvalue weighted by Gasteiger charge is -2.34. The molecule has 1 aliphatic heterocycles. The number of rotatable bonds is 4. The summed E-state index contributed by atoms with van der Waals surface area (Å²) in [6.45, 7) is 4.38. The van der Waals surface area contributed by atoms with Gasteiger partial charge >= 0.3 is 0 Å². The third-order valence-electron chi connectivity index (χ3n) is 6.50. The zero-order chi connectivity index (χ0) is 24.7. The number of nitrogens with one attached hydrogen (secondary N) is 1. The lowest BCUT2D eigenvalue weighted by atomic mass is 9.99. The molecule has 0 radical (unpaired) electrons. The molecule has 2 amide bonds. The molecule has 4 heterocycles. The minimum absolute atomic E-state index is 0.179. The van der Waals surface area contributed by atoms with E-state index < -0.39 is 6.04 Å². The van der Waals surface area contributed by atoms with Crippen molar-refractivity contribution in [2.45, 2.75) is 39.4 Å². The average molecular weight is 490 g/mol. The molecule has 9 nitrogen and oxygen atoms in total. The van der Waals surface area contributed by atoms with Gasteiger partial charge in [0.2, 0.25) is 5.91 Å². The highest BCUT2D eigenvalue weighted by molar-refractivity contribution is 6.31. The average Bonchev–Trinajstić information content (AvgIpc) is 3.10. The van der Waals surface area contributed by atoms with E-state index in [0.29, 0.717) is 28.5 Å². The van der Waals surface area contributed by atoms with E-state index in [0.717, 1.165) is 27.9 Å². The second-order valence-corrected chi connectivity index (χ2v) is 9.09. The molecule has 4 aromatic rings. The van der Waals surface area contributed by atoms with E-state index in [1.54, 1.807) is 46.2 Å². The Morgan fingerprint density at radius 3 is 2.63 bits per heavy atom. The van der Waals surface area contributed by atoms with Gasteiger partial charge in [-0.1, -0.05) is 11.6 Å². The van der Waals surface area contributed by atoms with Gasteiger partial charge in [-0.25, -0.2) is 0 Å². The van der Waals surface area contributed by atoms with Crippen LogP contribution in [0.2, 0.25) is 5.02 Å². The maximum absolute atomic E-state index is 13.7. The van der Waals surface area contributed by atoms with E-state index in [9.17, 15) is 9.59 Å². The predicted molar refractivity (Wildman–Crippen MR) is 131 cm³/mol. The minimum atomic E-state index is -0.737. The van der Waals surface area contributed by atoms with Gasteiger partial charge in [-0.3, -0.25) is 29.2 Å². The molecule has 178 valence electrons. The van der Waals surface area contributed by atoms with Crippen molar-refractivity contribution in [2.24, 2.45) is 7.05 Å². The standard InChI is InChI=1S/C25H24ClN7O2/c1-14-19(15(2)32(3)31-14)12-30-24(34)23-10-21-22(28-7-6-27-21)13-33(23)25(35)17-8-16-9-18(26)4-5-20(16)29-11-17/h4-9,11,23H,10,12-13H2,1-3H3,(H,30,34). The number of hydrogen-bond donors (Lipinski definition) is 1. The summed E-state index contributed by atoms with van der Waals surface area (Å²) < 4.78 is 1.79. The molecule has 1 aromatic carbocycles. The van der Waals surface area contributed by atoms with Gasteiger partial charge in [0.15, 0.2) is 0 Å². The highest BCUT2D eigenvalue weighted by atomic mass is 35.5. The van der Waals surface area contributed by atoms with E-state index in [4.69, 9.17) is 11.6 Å². The number of aromatic nitrogens is 5. The van der Waals surface area contributed by atoms with Gasteiger partial charge in [-0.15, -0.1) is 0 Å². The molecule has 1 N–H and O–H groups in total. The van der Waals surface area contributed by atoms with Gasteiger partial charge in [0.1, 0.15) is 6.04 Å². The Labute approximate surface area is 207 Å². The van der Waals surface area contributed by atoms with Crippen LogP contribution >= 0.6 is 11.6 Å². The van der Waals surface area contributed by atoms with Crippen molar-refractivity contribution in [2.75, 3.05) is 0 Å². The first-order valence-corrected chi connectivity index (χ1v) is 11.6.